The van der Waals surface area contributed by atoms with Crippen molar-refractivity contribution in [2.75, 3.05) is 13.2 Å². The molecule has 410 valence electrons. The van der Waals surface area contributed by atoms with Crippen LogP contribution in [0.5, 0.6) is 0 Å². The molecule has 0 aliphatic carbocycles. The molecule has 0 fully saturated rings. The van der Waals surface area contributed by atoms with E-state index in [0.717, 1.165) is 69.6 Å². The van der Waals surface area contributed by atoms with Crippen molar-refractivity contribution in [2.45, 2.75) is 362 Å². The molecule has 6 heteroatoms. The quantitative estimate of drug-likeness (QED) is 0.0343. The highest BCUT2D eigenvalue weighted by molar-refractivity contribution is 5.71. The van der Waals surface area contributed by atoms with Crippen LogP contribution in [-0.4, -0.2) is 37.2 Å². The summed E-state index contributed by atoms with van der Waals surface area (Å²) in [5, 5.41) is 0. The number of esters is 3. The average molecular weight is 976 g/mol. The second-order valence-corrected chi connectivity index (χ2v) is 22.6. The Hall–Kier alpha value is -1.59. The molecule has 0 aromatic rings. The third-order valence-corrected chi connectivity index (χ3v) is 14.5. The lowest BCUT2D eigenvalue weighted by molar-refractivity contribution is -0.167. The summed E-state index contributed by atoms with van der Waals surface area (Å²) in [4.78, 5) is 38.2. The van der Waals surface area contributed by atoms with Crippen LogP contribution in [0.25, 0.3) is 0 Å². The second kappa shape index (κ2) is 55.7. The molecule has 69 heavy (non-hydrogen) atoms. The molecular formula is C63H122O6. The van der Waals surface area contributed by atoms with Crippen molar-refractivity contribution in [3.8, 4) is 0 Å². The third kappa shape index (κ3) is 57.2. The number of rotatable bonds is 57. The molecule has 0 saturated heterocycles. The standard InChI is InChI=1S/C63H122O6/c1-6-7-8-9-10-11-12-13-14-15-19-23-26-29-34-40-45-50-55-63(66)69-60(57-68-62(65)54-49-44-39-35-30-32-37-42-47-52-59(4)5)56-67-61(64)53-48-43-38-33-28-25-22-20-17-16-18-21-24-27-31-36-41-46-51-58(2)3/h58-60H,6-57H2,1-5H3/t60-/m0/s1. The normalized spacial score (nSPS) is 12.0. The molecule has 0 saturated carbocycles. The van der Waals surface area contributed by atoms with E-state index in [4.69, 9.17) is 14.2 Å². The SMILES string of the molecule is CCCCCCCCCCCCCCCCCCCCC(=O)O[C@@H](COC(=O)CCCCCCCCCCCCCCCCCCCCC(C)C)COC(=O)CCCCCCCCCCCC(C)C. The van der Waals surface area contributed by atoms with Gasteiger partial charge in [0.25, 0.3) is 0 Å². The summed E-state index contributed by atoms with van der Waals surface area (Å²) in [5.74, 6) is 0.832. The highest BCUT2D eigenvalue weighted by Crippen LogP contribution is 2.19. The fraction of sp³-hybridized carbons (Fsp3) is 0.952. The zero-order valence-corrected chi connectivity index (χ0v) is 47.5. The van der Waals surface area contributed by atoms with Gasteiger partial charge in [-0.15, -0.1) is 0 Å². The molecule has 0 amide bonds. The highest BCUT2D eigenvalue weighted by Gasteiger charge is 2.19. The van der Waals surface area contributed by atoms with Crippen molar-refractivity contribution in [1.82, 2.24) is 0 Å². The molecule has 0 rings (SSSR count). The van der Waals surface area contributed by atoms with Crippen molar-refractivity contribution < 1.29 is 28.6 Å². The van der Waals surface area contributed by atoms with Crippen LogP contribution in [0, 0.1) is 11.8 Å². The number of carbonyl (C=O) groups is 3. The van der Waals surface area contributed by atoms with E-state index in [1.807, 2.05) is 0 Å². The van der Waals surface area contributed by atoms with Gasteiger partial charge in [-0.1, -0.05) is 317 Å². The van der Waals surface area contributed by atoms with Crippen LogP contribution in [0.2, 0.25) is 0 Å². The number of unbranched alkanes of at least 4 members (excludes halogenated alkanes) is 42. The molecule has 0 bridgehead atoms. The minimum Gasteiger partial charge on any atom is -0.462 e. The molecule has 0 N–H and O–H groups in total. The highest BCUT2D eigenvalue weighted by atomic mass is 16.6. The van der Waals surface area contributed by atoms with E-state index >= 15 is 0 Å². The Kier molecular flexibility index (Phi) is 54.4. The number of hydrogen-bond donors (Lipinski definition) is 0. The van der Waals surface area contributed by atoms with Gasteiger partial charge in [0.1, 0.15) is 13.2 Å². The van der Waals surface area contributed by atoms with Gasteiger partial charge in [-0.2, -0.15) is 0 Å². The maximum absolute atomic E-state index is 12.9. The molecule has 0 aliphatic heterocycles. The van der Waals surface area contributed by atoms with Crippen LogP contribution in [-0.2, 0) is 28.6 Å². The molecule has 1 atom stereocenters. The lowest BCUT2D eigenvalue weighted by Crippen LogP contribution is -2.30. The summed E-state index contributed by atoms with van der Waals surface area (Å²) < 4.78 is 16.9. The fourth-order valence-electron chi connectivity index (χ4n) is 9.76. The summed E-state index contributed by atoms with van der Waals surface area (Å²) in [7, 11) is 0. The van der Waals surface area contributed by atoms with Crippen LogP contribution in [0.15, 0.2) is 0 Å². The summed E-state index contributed by atoms with van der Waals surface area (Å²) in [6.07, 6.45) is 61.1. The van der Waals surface area contributed by atoms with Crippen LogP contribution in [0.1, 0.15) is 356 Å². The van der Waals surface area contributed by atoms with E-state index in [1.54, 1.807) is 0 Å². The Morgan fingerprint density at radius 1 is 0.275 bits per heavy atom. The molecule has 0 heterocycles. The Balaban J connectivity index is 4.23. The van der Waals surface area contributed by atoms with Gasteiger partial charge in [0.2, 0.25) is 0 Å². The van der Waals surface area contributed by atoms with E-state index in [2.05, 4.69) is 34.6 Å². The first-order valence-corrected chi connectivity index (χ1v) is 31.2. The lowest BCUT2D eigenvalue weighted by atomic mass is 10.0. The van der Waals surface area contributed by atoms with Crippen LogP contribution in [0.4, 0.5) is 0 Å². The Labute approximate surface area is 431 Å². The van der Waals surface area contributed by atoms with Gasteiger partial charge in [-0.3, -0.25) is 14.4 Å². The van der Waals surface area contributed by atoms with E-state index in [9.17, 15) is 14.4 Å². The van der Waals surface area contributed by atoms with Gasteiger partial charge in [0.05, 0.1) is 0 Å². The minimum atomic E-state index is -0.763. The molecule has 0 aliphatic rings. The van der Waals surface area contributed by atoms with Crippen molar-refractivity contribution in [3.63, 3.8) is 0 Å². The topological polar surface area (TPSA) is 78.9 Å². The van der Waals surface area contributed by atoms with Crippen molar-refractivity contribution >= 4 is 17.9 Å². The predicted molar refractivity (Wildman–Crippen MR) is 298 cm³/mol. The first-order chi connectivity index (χ1) is 33.7. The van der Waals surface area contributed by atoms with Gasteiger partial charge >= 0.3 is 17.9 Å². The van der Waals surface area contributed by atoms with E-state index in [-0.39, 0.29) is 31.1 Å². The first kappa shape index (κ1) is 67.4. The smallest absolute Gasteiger partial charge is 0.306 e. The van der Waals surface area contributed by atoms with Gasteiger partial charge in [-0.25, -0.2) is 0 Å². The monoisotopic (exact) mass is 975 g/mol. The van der Waals surface area contributed by atoms with Crippen LogP contribution < -0.4 is 0 Å². The molecular weight excluding hydrogens is 853 g/mol. The third-order valence-electron chi connectivity index (χ3n) is 14.5. The Morgan fingerprint density at radius 3 is 0.710 bits per heavy atom. The molecule has 0 radical (unpaired) electrons. The maximum Gasteiger partial charge on any atom is 0.306 e. The summed E-state index contributed by atoms with van der Waals surface area (Å²) in [6.45, 7) is 11.4. The average Bonchev–Trinajstić information content (AvgIpc) is 3.32. The Bertz CT molecular complexity index is 1060. The first-order valence-electron chi connectivity index (χ1n) is 31.2. The number of carbonyl (C=O) groups excluding carboxylic acids is 3. The second-order valence-electron chi connectivity index (χ2n) is 22.6. The van der Waals surface area contributed by atoms with Crippen LogP contribution in [0.3, 0.4) is 0 Å². The number of hydrogen-bond acceptors (Lipinski definition) is 6. The largest absolute Gasteiger partial charge is 0.462 e. The van der Waals surface area contributed by atoms with Crippen molar-refractivity contribution in [1.29, 1.82) is 0 Å². The summed E-state index contributed by atoms with van der Waals surface area (Å²) >= 11 is 0. The predicted octanol–water partition coefficient (Wildman–Crippen LogP) is 20.8. The van der Waals surface area contributed by atoms with Crippen LogP contribution >= 0.6 is 0 Å². The summed E-state index contributed by atoms with van der Waals surface area (Å²) in [6, 6.07) is 0. The van der Waals surface area contributed by atoms with E-state index in [1.165, 1.54) is 244 Å². The lowest BCUT2D eigenvalue weighted by Gasteiger charge is -2.18. The maximum atomic E-state index is 12.9. The molecule has 0 aromatic carbocycles. The molecule has 6 nitrogen and oxygen atoms in total. The minimum absolute atomic E-state index is 0.0624. The van der Waals surface area contributed by atoms with Crippen molar-refractivity contribution in [2.24, 2.45) is 11.8 Å². The van der Waals surface area contributed by atoms with Gasteiger partial charge in [0.15, 0.2) is 6.10 Å². The fourth-order valence-corrected chi connectivity index (χ4v) is 9.76. The van der Waals surface area contributed by atoms with E-state index in [0.29, 0.717) is 19.3 Å². The molecule has 0 aromatic heterocycles. The Morgan fingerprint density at radius 2 is 0.478 bits per heavy atom. The summed E-state index contributed by atoms with van der Waals surface area (Å²) in [5.41, 5.74) is 0. The molecule has 0 unspecified atom stereocenters. The van der Waals surface area contributed by atoms with Gasteiger partial charge in [-0.05, 0) is 31.1 Å². The molecule has 0 spiro atoms. The van der Waals surface area contributed by atoms with E-state index < -0.39 is 6.10 Å². The number of ether oxygens (including phenoxy) is 3. The zero-order chi connectivity index (χ0) is 50.4. The van der Waals surface area contributed by atoms with Gasteiger partial charge in [0, 0.05) is 19.3 Å². The zero-order valence-electron chi connectivity index (χ0n) is 47.5. The van der Waals surface area contributed by atoms with Gasteiger partial charge < -0.3 is 14.2 Å². The van der Waals surface area contributed by atoms with Crippen molar-refractivity contribution in [3.05, 3.63) is 0 Å².